The molecule has 0 unspecified atom stereocenters. The van der Waals surface area contributed by atoms with E-state index < -0.39 is 0 Å². The van der Waals surface area contributed by atoms with Gasteiger partial charge >= 0.3 is 0 Å². The Morgan fingerprint density at radius 2 is 1.90 bits per heavy atom. The number of aryl methyl sites for hydroxylation is 1. The molecule has 0 aliphatic carbocycles. The third-order valence-electron chi connectivity index (χ3n) is 2.83. The number of amides is 1. The summed E-state index contributed by atoms with van der Waals surface area (Å²) in [5.41, 5.74) is 2.86. The molecule has 0 aromatic heterocycles. The normalized spacial score (nSPS) is 10.5. The SMILES string of the molecule is COc1ccc(C=CC(=O)Nc2cccc(C)c2)cc1. The zero-order valence-corrected chi connectivity index (χ0v) is 11.6. The average Bonchev–Trinajstić information content (AvgIpc) is 2.46. The molecule has 2 aromatic carbocycles. The van der Waals surface area contributed by atoms with E-state index in [0.717, 1.165) is 22.6 Å². The first kappa shape index (κ1) is 13.9. The van der Waals surface area contributed by atoms with Gasteiger partial charge in [0.05, 0.1) is 7.11 Å². The van der Waals surface area contributed by atoms with Crippen molar-refractivity contribution in [3.8, 4) is 5.75 Å². The smallest absolute Gasteiger partial charge is 0.248 e. The Labute approximate surface area is 118 Å². The van der Waals surface area contributed by atoms with Crippen molar-refractivity contribution in [2.24, 2.45) is 0 Å². The van der Waals surface area contributed by atoms with Gasteiger partial charge in [0.1, 0.15) is 5.75 Å². The molecule has 0 bridgehead atoms. The van der Waals surface area contributed by atoms with E-state index in [0.29, 0.717) is 0 Å². The van der Waals surface area contributed by atoms with Gasteiger partial charge in [0.15, 0.2) is 0 Å². The molecule has 0 spiro atoms. The van der Waals surface area contributed by atoms with Crippen molar-refractivity contribution < 1.29 is 9.53 Å². The maximum Gasteiger partial charge on any atom is 0.248 e. The fourth-order valence-corrected chi connectivity index (χ4v) is 1.79. The first-order valence-corrected chi connectivity index (χ1v) is 6.37. The Kier molecular flexibility index (Phi) is 4.56. The standard InChI is InChI=1S/C17H17NO2/c1-13-4-3-5-15(12-13)18-17(19)11-8-14-6-9-16(20-2)10-7-14/h3-12H,1-2H3,(H,18,19). The van der Waals surface area contributed by atoms with E-state index in [-0.39, 0.29) is 5.91 Å². The molecule has 0 aliphatic heterocycles. The Balaban J connectivity index is 1.98. The lowest BCUT2D eigenvalue weighted by Crippen LogP contribution is -2.07. The van der Waals surface area contributed by atoms with Crippen molar-refractivity contribution in [2.45, 2.75) is 6.92 Å². The quantitative estimate of drug-likeness (QED) is 0.859. The van der Waals surface area contributed by atoms with Gasteiger partial charge in [-0.2, -0.15) is 0 Å². The van der Waals surface area contributed by atoms with E-state index in [9.17, 15) is 4.79 Å². The van der Waals surface area contributed by atoms with Gasteiger partial charge in [-0.05, 0) is 48.4 Å². The van der Waals surface area contributed by atoms with Crippen LogP contribution in [0.4, 0.5) is 5.69 Å². The molecule has 0 saturated carbocycles. The molecule has 3 heteroatoms. The molecule has 0 fully saturated rings. The van der Waals surface area contributed by atoms with E-state index in [1.165, 1.54) is 6.08 Å². The Hall–Kier alpha value is -2.55. The van der Waals surface area contributed by atoms with Gasteiger partial charge in [-0.3, -0.25) is 4.79 Å². The molecule has 0 atom stereocenters. The van der Waals surface area contributed by atoms with Crippen molar-refractivity contribution in [1.82, 2.24) is 0 Å². The van der Waals surface area contributed by atoms with Crippen molar-refractivity contribution in [2.75, 3.05) is 12.4 Å². The fraction of sp³-hybridized carbons (Fsp3) is 0.118. The summed E-state index contributed by atoms with van der Waals surface area (Å²) < 4.78 is 5.08. The maximum absolute atomic E-state index is 11.8. The average molecular weight is 267 g/mol. The van der Waals surface area contributed by atoms with Crippen LogP contribution in [0, 0.1) is 6.92 Å². The summed E-state index contributed by atoms with van der Waals surface area (Å²) in [6.07, 6.45) is 3.29. The largest absolute Gasteiger partial charge is 0.497 e. The monoisotopic (exact) mass is 267 g/mol. The van der Waals surface area contributed by atoms with Crippen LogP contribution in [0.3, 0.4) is 0 Å². The number of ether oxygens (including phenoxy) is 1. The molecule has 1 N–H and O–H groups in total. The van der Waals surface area contributed by atoms with Crippen LogP contribution in [0.15, 0.2) is 54.6 Å². The predicted molar refractivity (Wildman–Crippen MR) is 81.8 cm³/mol. The van der Waals surface area contributed by atoms with Crippen LogP contribution in [-0.4, -0.2) is 13.0 Å². The van der Waals surface area contributed by atoms with Crippen molar-refractivity contribution in [1.29, 1.82) is 0 Å². The molecule has 3 nitrogen and oxygen atoms in total. The van der Waals surface area contributed by atoms with Crippen molar-refractivity contribution in [3.05, 3.63) is 65.7 Å². The number of anilines is 1. The van der Waals surface area contributed by atoms with Crippen LogP contribution < -0.4 is 10.1 Å². The minimum Gasteiger partial charge on any atom is -0.497 e. The summed E-state index contributed by atoms with van der Waals surface area (Å²) in [5.74, 6) is 0.651. The topological polar surface area (TPSA) is 38.3 Å². The first-order chi connectivity index (χ1) is 9.67. The van der Waals surface area contributed by atoms with Gasteiger partial charge in [-0.25, -0.2) is 0 Å². The molecular formula is C17H17NO2. The predicted octanol–water partition coefficient (Wildman–Crippen LogP) is 3.66. The summed E-state index contributed by atoms with van der Waals surface area (Å²) in [6, 6.07) is 15.2. The van der Waals surface area contributed by atoms with Crippen LogP contribution in [-0.2, 0) is 4.79 Å². The van der Waals surface area contributed by atoms with Gasteiger partial charge in [0.2, 0.25) is 5.91 Å². The summed E-state index contributed by atoms with van der Waals surface area (Å²) in [5, 5.41) is 2.83. The highest BCUT2D eigenvalue weighted by atomic mass is 16.5. The van der Waals surface area contributed by atoms with Crippen LogP contribution >= 0.6 is 0 Å². The molecule has 0 radical (unpaired) electrons. The Bertz CT molecular complexity index is 615. The van der Waals surface area contributed by atoms with E-state index in [2.05, 4.69) is 5.32 Å². The third kappa shape index (κ3) is 3.99. The molecule has 0 aliphatic rings. The van der Waals surface area contributed by atoms with Crippen LogP contribution in [0.5, 0.6) is 5.75 Å². The molecule has 2 rings (SSSR count). The number of nitrogens with one attached hydrogen (secondary N) is 1. The highest BCUT2D eigenvalue weighted by Gasteiger charge is 1.98. The molecular weight excluding hydrogens is 250 g/mol. The third-order valence-corrected chi connectivity index (χ3v) is 2.83. The van der Waals surface area contributed by atoms with Crippen molar-refractivity contribution in [3.63, 3.8) is 0 Å². The number of methoxy groups -OCH3 is 1. The zero-order chi connectivity index (χ0) is 14.4. The van der Waals surface area contributed by atoms with Gasteiger partial charge in [0.25, 0.3) is 0 Å². The van der Waals surface area contributed by atoms with Gasteiger partial charge < -0.3 is 10.1 Å². The zero-order valence-electron chi connectivity index (χ0n) is 11.6. The summed E-state index contributed by atoms with van der Waals surface area (Å²) in [7, 11) is 1.63. The molecule has 0 saturated heterocycles. The second-order valence-corrected chi connectivity index (χ2v) is 4.47. The number of rotatable bonds is 4. The number of carbonyl (C=O) groups is 1. The Morgan fingerprint density at radius 3 is 2.55 bits per heavy atom. The number of carbonyl (C=O) groups excluding carboxylic acids is 1. The second-order valence-electron chi connectivity index (χ2n) is 4.47. The lowest BCUT2D eigenvalue weighted by molar-refractivity contribution is -0.111. The Morgan fingerprint density at radius 1 is 1.15 bits per heavy atom. The van der Waals surface area contributed by atoms with Crippen molar-refractivity contribution >= 4 is 17.7 Å². The highest BCUT2D eigenvalue weighted by Crippen LogP contribution is 2.13. The molecule has 0 heterocycles. The number of benzene rings is 2. The second kappa shape index (κ2) is 6.57. The minimum atomic E-state index is -0.147. The fourth-order valence-electron chi connectivity index (χ4n) is 1.79. The highest BCUT2D eigenvalue weighted by molar-refractivity contribution is 6.01. The van der Waals surface area contributed by atoms with Crippen LogP contribution in [0.1, 0.15) is 11.1 Å². The lowest BCUT2D eigenvalue weighted by atomic mass is 10.2. The number of hydrogen-bond acceptors (Lipinski definition) is 2. The number of hydrogen-bond donors (Lipinski definition) is 1. The molecule has 20 heavy (non-hydrogen) atoms. The first-order valence-electron chi connectivity index (χ1n) is 6.37. The van der Waals surface area contributed by atoms with E-state index in [1.54, 1.807) is 13.2 Å². The van der Waals surface area contributed by atoms with Gasteiger partial charge in [0, 0.05) is 11.8 Å². The van der Waals surface area contributed by atoms with Crippen LogP contribution in [0.25, 0.3) is 6.08 Å². The summed E-state index contributed by atoms with van der Waals surface area (Å²) >= 11 is 0. The van der Waals surface area contributed by atoms with Gasteiger partial charge in [-0.1, -0.05) is 24.3 Å². The summed E-state index contributed by atoms with van der Waals surface area (Å²) in [6.45, 7) is 1.99. The van der Waals surface area contributed by atoms with Gasteiger partial charge in [-0.15, -0.1) is 0 Å². The molecule has 1 amide bonds. The lowest BCUT2D eigenvalue weighted by Gasteiger charge is -2.03. The van der Waals surface area contributed by atoms with E-state index >= 15 is 0 Å². The maximum atomic E-state index is 11.8. The van der Waals surface area contributed by atoms with E-state index in [4.69, 9.17) is 4.74 Å². The summed E-state index contributed by atoms with van der Waals surface area (Å²) in [4.78, 5) is 11.8. The van der Waals surface area contributed by atoms with E-state index in [1.807, 2.05) is 55.5 Å². The van der Waals surface area contributed by atoms with Crippen LogP contribution in [0.2, 0.25) is 0 Å². The molecule has 102 valence electrons. The minimum absolute atomic E-state index is 0.147. The molecule has 2 aromatic rings.